The predicted octanol–water partition coefficient (Wildman–Crippen LogP) is 6.29. The number of benzene rings is 2. The fourth-order valence-electron chi connectivity index (χ4n) is 4.71. The van der Waals surface area contributed by atoms with Gasteiger partial charge in [0, 0.05) is 12.0 Å². The first-order valence-corrected chi connectivity index (χ1v) is 11.4. The zero-order valence-corrected chi connectivity index (χ0v) is 18.9. The Hall–Kier alpha value is -2.13. The molecular formula is C27H37NO2. The maximum absolute atomic E-state index is 12.8. The van der Waals surface area contributed by atoms with E-state index in [2.05, 4.69) is 81.5 Å². The van der Waals surface area contributed by atoms with Gasteiger partial charge in [-0.1, -0.05) is 87.9 Å². The van der Waals surface area contributed by atoms with Crippen LogP contribution in [0.15, 0.2) is 60.7 Å². The fourth-order valence-corrected chi connectivity index (χ4v) is 4.71. The van der Waals surface area contributed by atoms with Crippen LogP contribution in [0.4, 0.5) is 0 Å². The van der Waals surface area contributed by atoms with Crippen molar-refractivity contribution >= 4 is 5.97 Å². The number of esters is 1. The number of nitrogens with one attached hydrogen (secondary N) is 1. The normalized spacial score (nSPS) is 20.7. The second kappa shape index (κ2) is 10.3. The van der Waals surface area contributed by atoms with Gasteiger partial charge in [0.05, 0.1) is 12.5 Å². The van der Waals surface area contributed by atoms with Crippen LogP contribution in [0.3, 0.4) is 0 Å². The third-order valence-corrected chi connectivity index (χ3v) is 6.29. The van der Waals surface area contributed by atoms with Crippen LogP contribution >= 0.6 is 0 Å². The van der Waals surface area contributed by atoms with Crippen LogP contribution in [-0.2, 0) is 9.53 Å². The lowest BCUT2D eigenvalue weighted by Crippen LogP contribution is -2.39. The molecule has 1 saturated carbocycles. The van der Waals surface area contributed by atoms with Gasteiger partial charge in [0.25, 0.3) is 0 Å². The molecule has 0 aromatic heterocycles. The zero-order valence-electron chi connectivity index (χ0n) is 18.9. The Labute approximate surface area is 182 Å². The molecule has 0 aliphatic heterocycles. The first kappa shape index (κ1) is 22.6. The van der Waals surface area contributed by atoms with E-state index in [0.29, 0.717) is 12.3 Å². The minimum absolute atomic E-state index is 0.0135. The van der Waals surface area contributed by atoms with Crippen LogP contribution in [0.25, 0.3) is 0 Å². The predicted molar refractivity (Wildman–Crippen MR) is 123 cm³/mol. The highest BCUT2D eigenvalue weighted by Crippen LogP contribution is 2.39. The molecule has 1 aliphatic rings. The standard InChI is InChI=1S/C27H37NO2/c1-20(19-25(29)30-24-18-12-11-17-23(24)27(2,3)4)28-26(21-13-7-5-8-14-21)22-15-9-6-10-16-22/h5-10,13-16,20,23-24,26,28H,11-12,17-19H2,1-4H3/t20?,23-,24-/m1/s1. The molecule has 1 N–H and O–H groups in total. The highest BCUT2D eigenvalue weighted by molar-refractivity contribution is 5.70. The average molecular weight is 408 g/mol. The van der Waals surface area contributed by atoms with Crippen molar-refractivity contribution in [2.45, 2.75) is 78.0 Å². The van der Waals surface area contributed by atoms with Gasteiger partial charge in [0.15, 0.2) is 0 Å². The van der Waals surface area contributed by atoms with E-state index in [0.717, 1.165) is 19.3 Å². The summed E-state index contributed by atoms with van der Waals surface area (Å²) in [5, 5.41) is 3.66. The number of ether oxygens (including phenoxy) is 1. The van der Waals surface area contributed by atoms with Crippen molar-refractivity contribution in [1.82, 2.24) is 5.32 Å². The van der Waals surface area contributed by atoms with Crippen molar-refractivity contribution in [3.63, 3.8) is 0 Å². The maximum atomic E-state index is 12.8. The van der Waals surface area contributed by atoms with Crippen molar-refractivity contribution in [3.05, 3.63) is 71.8 Å². The van der Waals surface area contributed by atoms with Crippen molar-refractivity contribution < 1.29 is 9.53 Å². The fraction of sp³-hybridized carbons (Fsp3) is 0.519. The Bertz CT molecular complexity index is 742. The SMILES string of the molecule is CC(CC(=O)O[C@@H]1CCCC[C@H]1C(C)(C)C)NC(c1ccccc1)c1ccccc1. The first-order valence-electron chi connectivity index (χ1n) is 11.4. The third kappa shape index (κ3) is 6.18. The Morgan fingerprint density at radius 1 is 0.967 bits per heavy atom. The van der Waals surface area contributed by atoms with Crippen LogP contribution < -0.4 is 5.32 Å². The molecule has 0 radical (unpaired) electrons. The molecule has 1 fully saturated rings. The van der Waals surface area contributed by atoms with E-state index in [1.54, 1.807) is 0 Å². The van der Waals surface area contributed by atoms with Gasteiger partial charge in [-0.25, -0.2) is 0 Å². The zero-order chi connectivity index (χ0) is 21.6. The van der Waals surface area contributed by atoms with Gasteiger partial charge >= 0.3 is 5.97 Å². The molecule has 1 aliphatic carbocycles. The van der Waals surface area contributed by atoms with Crippen molar-refractivity contribution in [3.8, 4) is 0 Å². The van der Waals surface area contributed by atoms with Crippen molar-refractivity contribution in [2.24, 2.45) is 11.3 Å². The highest BCUT2D eigenvalue weighted by atomic mass is 16.5. The topological polar surface area (TPSA) is 38.3 Å². The molecule has 1 unspecified atom stereocenters. The summed E-state index contributed by atoms with van der Waals surface area (Å²) in [6.45, 7) is 8.86. The molecule has 30 heavy (non-hydrogen) atoms. The highest BCUT2D eigenvalue weighted by Gasteiger charge is 2.36. The molecule has 3 atom stereocenters. The molecule has 0 amide bonds. The maximum Gasteiger partial charge on any atom is 0.307 e. The summed E-state index contributed by atoms with van der Waals surface area (Å²) in [6.07, 6.45) is 4.97. The summed E-state index contributed by atoms with van der Waals surface area (Å²) in [6, 6.07) is 20.9. The summed E-state index contributed by atoms with van der Waals surface area (Å²) in [4.78, 5) is 12.8. The molecule has 0 bridgehead atoms. The molecule has 162 valence electrons. The van der Waals surface area contributed by atoms with E-state index in [4.69, 9.17) is 4.74 Å². The Morgan fingerprint density at radius 2 is 1.50 bits per heavy atom. The second-order valence-electron chi connectivity index (χ2n) is 9.81. The average Bonchev–Trinajstić information content (AvgIpc) is 2.73. The summed E-state index contributed by atoms with van der Waals surface area (Å²) in [5.41, 5.74) is 2.56. The lowest BCUT2D eigenvalue weighted by Gasteiger charge is -2.39. The minimum atomic E-state index is -0.0870. The van der Waals surface area contributed by atoms with Crippen LogP contribution in [0.2, 0.25) is 0 Å². The minimum Gasteiger partial charge on any atom is -0.462 e. The summed E-state index contributed by atoms with van der Waals surface area (Å²) < 4.78 is 6.02. The second-order valence-corrected chi connectivity index (χ2v) is 9.81. The van der Waals surface area contributed by atoms with Gasteiger partial charge in [-0.3, -0.25) is 4.79 Å². The van der Waals surface area contributed by atoms with Crippen LogP contribution in [0.1, 0.15) is 77.0 Å². The number of carbonyl (C=O) groups excluding carboxylic acids is 1. The Balaban J connectivity index is 1.64. The van der Waals surface area contributed by atoms with Gasteiger partial charge < -0.3 is 10.1 Å². The molecule has 0 spiro atoms. The number of rotatable bonds is 7. The molecule has 0 saturated heterocycles. The molecule has 3 rings (SSSR count). The van der Waals surface area contributed by atoms with E-state index in [9.17, 15) is 4.79 Å². The van der Waals surface area contributed by atoms with Crippen molar-refractivity contribution in [2.75, 3.05) is 0 Å². The molecular weight excluding hydrogens is 370 g/mol. The van der Waals surface area contributed by atoms with Gasteiger partial charge in [-0.2, -0.15) is 0 Å². The molecule has 3 heteroatoms. The Kier molecular flexibility index (Phi) is 7.71. The van der Waals surface area contributed by atoms with E-state index >= 15 is 0 Å². The van der Waals surface area contributed by atoms with Gasteiger partial charge in [0.2, 0.25) is 0 Å². The van der Waals surface area contributed by atoms with E-state index in [1.165, 1.54) is 17.5 Å². The van der Waals surface area contributed by atoms with Gasteiger partial charge in [-0.15, -0.1) is 0 Å². The van der Waals surface area contributed by atoms with Crippen molar-refractivity contribution in [1.29, 1.82) is 0 Å². The third-order valence-electron chi connectivity index (χ3n) is 6.29. The molecule has 0 heterocycles. The Morgan fingerprint density at radius 3 is 2.03 bits per heavy atom. The molecule has 2 aromatic rings. The number of hydrogen-bond acceptors (Lipinski definition) is 3. The smallest absolute Gasteiger partial charge is 0.307 e. The lowest BCUT2D eigenvalue weighted by atomic mass is 9.70. The summed E-state index contributed by atoms with van der Waals surface area (Å²) in [7, 11) is 0. The molecule has 3 nitrogen and oxygen atoms in total. The number of hydrogen-bond donors (Lipinski definition) is 1. The number of carbonyl (C=O) groups is 1. The summed E-state index contributed by atoms with van der Waals surface area (Å²) >= 11 is 0. The van der Waals surface area contributed by atoms with Gasteiger partial charge in [-0.05, 0) is 42.7 Å². The van der Waals surface area contributed by atoms with E-state index in [1.807, 2.05) is 12.1 Å². The lowest BCUT2D eigenvalue weighted by molar-refractivity contribution is -0.157. The molecule has 2 aromatic carbocycles. The van der Waals surface area contributed by atoms with E-state index in [-0.39, 0.29) is 29.6 Å². The summed E-state index contributed by atoms with van der Waals surface area (Å²) in [5.74, 6) is 0.357. The van der Waals surface area contributed by atoms with Crippen LogP contribution in [0, 0.1) is 11.3 Å². The largest absolute Gasteiger partial charge is 0.462 e. The van der Waals surface area contributed by atoms with E-state index < -0.39 is 0 Å². The monoisotopic (exact) mass is 407 g/mol. The van der Waals surface area contributed by atoms with Crippen LogP contribution in [-0.4, -0.2) is 18.1 Å². The van der Waals surface area contributed by atoms with Crippen LogP contribution in [0.5, 0.6) is 0 Å². The van der Waals surface area contributed by atoms with Gasteiger partial charge in [0.1, 0.15) is 6.10 Å². The first-order chi connectivity index (χ1) is 14.3. The quantitative estimate of drug-likeness (QED) is 0.548.